The molecule has 0 unspecified atom stereocenters. The van der Waals surface area contributed by atoms with Gasteiger partial charge in [-0.25, -0.2) is 4.79 Å². The van der Waals surface area contributed by atoms with Gasteiger partial charge in [-0.3, -0.25) is 0 Å². The molecule has 0 amide bonds. The molecule has 2 aromatic rings. The van der Waals surface area contributed by atoms with E-state index in [4.69, 9.17) is 15.7 Å². The lowest BCUT2D eigenvalue weighted by atomic mass is 10.1. The van der Waals surface area contributed by atoms with Crippen LogP contribution in [0.5, 0.6) is 0 Å². The number of methoxy groups -OCH3 is 1. The molecule has 0 aliphatic carbocycles. The number of nitrogens with two attached hydrogens (primary N) is 1. The molecule has 6 heteroatoms. The van der Waals surface area contributed by atoms with Gasteiger partial charge in [-0.05, 0) is 31.0 Å². The Morgan fingerprint density at radius 1 is 1.43 bits per heavy atom. The van der Waals surface area contributed by atoms with Gasteiger partial charge in [0.2, 0.25) is 0 Å². The zero-order valence-electron chi connectivity index (χ0n) is 11.9. The smallest absolute Gasteiger partial charge is 0.357 e. The van der Waals surface area contributed by atoms with Crippen molar-refractivity contribution in [1.29, 1.82) is 5.26 Å². The number of anilines is 1. The van der Waals surface area contributed by atoms with Crippen LogP contribution in [0.15, 0.2) is 22.8 Å². The van der Waals surface area contributed by atoms with Gasteiger partial charge in [0.05, 0.1) is 24.0 Å². The van der Waals surface area contributed by atoms with Crippen molar-refractivity contribution >= 4 is 27.6 Å². The average molecular weight is 348 g/mol. The first kappa shape index (κ1) is 15.1. The number of rotatable bonds is 2. The number of carbonyl (C=O) groups excluding carboxylic acids is 1. The van der Waals surface area contributed by atoms with E-state index in [1.807, 2.05) is 32.0 Å². The van der Waals surface area contributed by atoms with Gasteiger partial charge in [0.25, 0.3) is 0 Å². The Morgan fingerprint density at radius 3 is 2.67 bits per heavy atom. The molecule has 0 saturated carbocycles. The third kappa shape index (κ3) is 2.41. The molecule has 0 atom stereocenters. The van der Waals surface area contributed by atoms with E-state index >= 15 is 0 Å². The summed E-state index contributed by atoms with van der Waals surface area (Å²) >= 11 is 3.47. The average Bonchev–Trinajstić information content (AvgIpc) is 2.79. The SMILES string of the molecule is COC(=O)c1c(N)c(C#N)cn1-c1c(C)ccc(Br)c1C. The molecule has 1 aromatic heterocycles. The van der Waals surface area contributed by atoms with Crippen LogP contribution in [0.3, 0.4) is 0 Å². The fourth-order valence-electron chi connectivity index (χ4n) is 2.27. The van der Waals surface area contributed by atoms with Crippen LogP contribution in [-0.2, 0) is 4.74 Å². The maximum atomic E-state index is 12.0. The van der Waals surface area contributed by atoms with E-state index in [1.54, 1.807) is 10.8 Å². The van der Waals surface area contributed by atoms with E-state index in [-0.39, 0.29) is 16.9 Å². The van der Waals surface area contributed by atoms with Crippen molar-refractivity contribution in [3.05, 3.63) is 45.2 Å². The highest BCUT2D eigenvalue weighted by molar-refractivity contribution is 9.10. The number of ether oxygens (including phenoxy) is 1. The molecule has 2 N–H and O–H groups in total. The number of halogens is 1. The summed E-state index contributed by atoms with van der Waals surface area (Å²) in [7, 11) is 1.28. The van der Waals surface area contributed by atoms with Gasteiger partial charge < -0.3 is 15.0 Å². The second kappa shape index (κ2) is 5.62. The lowest BCUT2D eigenvalue weighted by Gasteiger charge is -2.15. The van der Waals surface area contributed by atoms with Gasteiger partial charge in [0.1, 0.15) is 6.07 Å². The number of aryl methyl sites for hydroxylation is 1. The first-order chi connectivity index (χ1) is 9.92. The van der Waals surface area contributed by atoms with Gasteiger partial charge in [0.15, 0.2) is 5.69 Å². The number of nitrogens with zero attached hydrogens (tertiary/aromatic N) is 2. The molecule has 0 fully saturated rings. The monoisotopic (exact) mass is 347 g/mol. The van der Waals surface area contributed by atoms with Crippen LogP contribution in [0.4, 0.5) is 5.69 Å². The molecular weight excluding hydrogens is 334 g/mol. The van der Waals surface area contributed by atoms with Crippen molar-refractivity contribution in [2.24, 2.45) is 0 Å². The minimum Gasteiger partial charge on any atom is -0.464 e. The Morgan fingerprint density at radius 2 is 2.10 bits per heavy atom. The van der Waals surface area contributed by atoms with Gasteiger partial charge in [-0.1, -0.05) is 22.0 Å². The van der Waals surface area contributed by atoms with E-state index in [2.05, 4.69) is 15.9 Å². The van der Waals surface area contributed by atoms with Crippen LogP contribution < -0.4 is 5.73 Å². The summed E-state index contributed by atoms with van der Waals surface area (Å²) in [6.45, 7) is 3.85. The molecule has 5 nitrogen and oxygen atoms in total. The van der Waals surface area contributed by atoms with E-state index in [0.29, 0.717) is 0 Å². The normalized spacial score (nSPS) is 10.2. The summed E-state index contributed by atoms with van der Waals surface area (Å²) < 4.78 is 7.31. The van der Waals surface area contributed by atoms with E-state index in [1.165, 1.54) is 7.11 Å². The fourth-order valence-corrected chi connectivity index (χ4v) is 2.59. The Labute approximate surface area is 131 Å². The molecule has 1 heterocycles. The summed E-state index contributed by atoms with van der Waals surface area (Å²) in [4.78, 5) is 12.0. The van der Waals surface area contributed by atoms with Crippen molar-refractivity contribution in [1.82, 2.24) is 4.57 Å². The second-order valence-electron chi connectivity index (χ2n) is 4.62. The lowest BCUT2D eigenvalue weighted by Crippen LogP contribution is -2.12. The molecule has 108 valence electrons. The summed E-state index contributed by atoms with van der Waals surface area (Å²) in [6.07, 6.45) is 1.56. The Hall–Kier alpha value is -2.26. The van der Waals surface area contributed by atoms with Crippen molar-refractivity contribution in [3.63, 3.8) is 0 Å². The highest BCUT2D eigenvalue weighted by atomic mass is 79.9. The highest BCUT2D eigenvalue weighted by Crippen LogP contribution is 2.31. The molecule has 0 bridgehead atoms. The summed E-state index contributed by atoms with van der Waals surface area (Å²) in [5.41, 5.74) is 9.15. The number of nitriles is 1. The number of carbonyl (C=O) groups is 1. The Kier molecular flexibility index (Phi) is 4.05. The summed E-state index contributed by atoms with van der Waals surface area (Å²) in [5, 5.41) is 9.15. The van der Waals surface area contributed by atoms with Crippen LogP contribution in [0.2, 0.25) is 0 Å². The highest BCUT2D eigenvalue weighted by Gasteiger charge is 2.23. The van der Waals surface area contributed by atoms with Crippen LogP contribution in [0.25, 0.3) is 5.69 Å². The zero-order chi connectivity index (χ0) is 15.7. The van der Waals surface area contributed by atoms with Crippen molar-refractivity contribution in [2.75, 3.05) is 12.8 Å². The predicted octanol–water partition coefficient (Wildman–Crippen LogP) is 3.10. The number of nitrogen functional groups attached to an aromatic ring is 1. The molecule has 0 radical (unpaired) electrons. The minimum absolute atomic E-state index is 0.128. The minimum atomic E-state index is -0.576. The molecule has 0 spiro atoms. The van der Waals surface area contributed by atoms with Crippen molar-refractivity contribution in [2.45, 2.75) is 13.8 Å². The molecule has 1 aromatic carbocycles. The van der Waals surface area contributed by atoms with Crippen LogP contribution in [-0.4, -0.2) is 17.6 Å². The molecule has 0 saturated heterocycles. The largest absolute Gasteiger partial charge is 0.464 e. The number of benzene rings is 1. The molecule has 2 rings (SSSR count). The van der Waals surface area contributed by atoms with Crippen molar-refractivity contribution in [3.8, 4) is 11.8 Å². The third-order valence-electron chi connectivity index (χ3n) is 3.35. The van der Waals surface area contributed by atoms with Gasteiger partial charge >= 0.3 is 5.97 Å². The molecule has 21 heavy (non-hydrogen) atoms. The van der Waals surface area contributed by atoms with Crippen molar-refractivity contribution < 1.29 is 9.53 Å². The predicted molar refractivity (Wildman–Crippen MR) is 83.4 cm³/mol. The lowest BCUT2D eigenvalue weighted by molar-refractivity contribution is 0.0593. The van der Waals surface area contributed by atoms with Gasteiger partial charge in [-0.2, -0.15) is 5.26 Å². The second-order valence-corrected chi connectivity index (χ2v) is 5.47. The number of hydrogen-bond donors (Lipinski definition) is 1. The Balaban J connectivity index is 2.85. The van der Waals surface area contributed by atoms with Gasteiger partial charge in [0, 0.05) is 10.7 Å². The Bertz CT molecular complexity index is 772. The topological polar surface area (TPSA) is 81.0 Å². The van der Waals surface area contributed by atoms with Gasteiger partial charge in [-0.15, -0.1) is 0 Å². The third-order valence-corrected chi connectivity index (χ3v) is 4.21. The maximum absolute atomic E-state index is 12.0. The number of hydrogen-bond acceptors (Lipinski definition) is 4. The number of aromatic nitrogens is 1. The van der Waals surface area contributed by atoms with Crippen LogP contribution >= 0.6 is 15.9 Å². The van der Waals surface area contributed by atoms with E-state index in [9.17, 15) is 4.79 Å². The van der Waals surface area contributed by atoms with Crippen LogP contribution in [0, 0.1) is 25.2 Å². The molecule has 0 aliphatic heterocycles. The van der Waals surface area contributed by atoms with E-state index < -0.39 is 5.97 Å². The molecule has 0 aliphatic rings. The fraction of sp³-hybridized carbons (Fsp3) is 0.200. The first-order valence-electron chi connectivity index (χ1n) is 6.17. The standard InChI is InChI=1S/C15H14BrN3O2/c1-8-4-5-11(16)9(2)13(8)19-7-10(6-17)12(18)14(19)15(20)21-3/h4-5,7H,18H2,1-3H3. The summed E-state index contributed by atoms with van der Waals surface area (Å²) in [5.74, 6) is -0.576. The molecular formula is C15H14BrN3O2. The zero-order valence-corrected chi connectivity index (χ0v) is 13.5. The van der Waals surface area contributed by atoms with E-state index in [0.717, 1.165) is 21.3 Å². The quantitative estimate of drug-likeness (QED) is 0.846. The summed E-state index contributed by atoms with van der Waals surface area (Å²) in [6, 6.07) is 5.85. The van der Waals surface area contributed by atoms with Crippen LogP contribution in [0.1, 0.15) is 27.2 Å². The first-order valence-corrected chi connectivity index (χ1v) is 6.97. The maximum Gasteiger partial charge on any atom is 0.357 e. The number of esters is 1.